The minimum atomic E-state index is -0.355. The van der Waals surface area contributed by atoms with E-state index in [2.05, 4.69) is 16.4 Å². The topological polar surface area (TPSA) is 80.8 Å². The first-order valence-electron chi connectivity index (χ1n) is 7.71. The molecule has 1 aromatic heterocycles. The summed E-state index contributed by atoms with van der Waals surface area (Å²) in [6, 6.07) is 9.05. The van der Waals surface area contributed by atoms with Gasteiger partial charge in [0.25, 0.3) is 0 Å². The Morgan fingerprint density at radius 2 is 2.22 bits per heavy atom. The highest BCUT2D eigenvalue weighted by atomic mass is 16.5. The predicted octanol–water partition coefficient (Wildman–Crippen LogP) is 3.22. The first-order chi connectivity index (χ1) is 11.1. The first-order valence-corrected chi connectivity index (χ1v) is 7.71. The number of unbranched alkanes of at least 4 members (excludes halogenated alkanes) is 1. The Bertz CT molecular complexity index is 728. The van der Waals surface area contributed by atoms with Crippen LogP contribution in [0.5, 0.6) is 0 Å². The number of aromatic nitrogens is 3. The number of nitrogens with zero attached hydrogens (tertiary/aromatic N) is 4. The van der Waals surface area contributed by atoms with Crippen molar-refractivity contribution in [3.8, 4) is 11.8 Å². The highest BCUT2D eigenvalue weighted by molar-refractivity contribution is 5.90. The van der Waals surface area contributed by atoms with Crippen molar-refractivity contribution in [1.29, 1.82) is 5.26 Å². The van der Waals surface area contributed by atoms with Crippen LogP contribution in [0.4, 0.5) is 0 Å². The van der Waals surface area contributed by atoms with Gasteiger partial charge < -0.3 is 4.74 Å². The van der Waals surface area contributed by atoms with Crippen LogP contribution in [0.25, 0.3) is 5.69 Å². The largest absolute Gasteiger partial charge is 0.462 e. The number of rotatable bonds is 6. The van der Waals surface area contributed by atoms with Crippen LogP contribution in [-0.2, 0) is 4.74 Å². The second kappa shape index (κ2) is 7.54. The van der Waals surface area contributed by atoms with Gasteiger partial charge in [-0.15, -0.1) is 5.10 Å². The van der Waals surface area contributed by atoms with Gasteiger partial charge in [-0.25, -0.2) is 9.48 Å². The molecule has 120 valence electrons. The number of carbonyl (C=O) groups excluding carboxylic acids is 1. The Morgan fingerprint density at radius 3 is 2.87 bits per heavy atom. The predicted molar refractivity (Wildman–Crippen MR) is 85.4 cm³/mol. The molecule has 0 bridgehead atoms. The molecular formula is C17H20N4O2. The summed E-state index contributed by atoms with van der Waals surface area (Å²) in [7, 11) is 0. The van der Waals surface area contributed by atoms with E-state index in [0.29, 0.717) is 23.6 Å². The van der Waals surface area contributed by atoms with Gasteiger partial charge >= 0.3 is 5.97 Å². The Morgan fingerprint density at radius 1 is 1.43 bits per heavy atom. The van der Waals surface area contributed by atoms with Crippen molar-refractivity contribution < 1.29 is 9.53 Å². The molecule has 0 radical (unpaired) electrons. The first kappa shape index (κ1) is 16.7. The van der Waals surface area contributed by atoms with E-state index in [1.165, 1.54) is 0 Å². The number of esters is 1. The summed E-state index contributed by atoms with van der Waals surface area (Å²) in [5.41, 5.74) is 2.18. The van der Waals surface area contributed by atoms with E-state index in [9.17, 15) is 4.79 Å². The van der Waals surface area contributed by atoms with Crippen LogP contribution in [0.15, 0.2) is 24.3 Å². The molecule has 6 nitrogen and oxygen atoms in total. The lowest BCUT2D eigenvalue weighted by Crippen LogP contribution is -2.09. The van der Waals surface area contributed by atoms with Gasteiger partial charge in [0.1, 0.15) is 6.07 Å². The fourth-order valence-corrected chi connectivity index (χ4v) is 2.23. The quantitative estimate of drug-likeness (QED) is 0.604. The highest BCUT2D eigenvalue weighted by Crippen LogP contribution is 2.21. The van der Waals surface area contributed by atoms with Gasteiger partial charge in [0.05, 0.1) is 23.6 Å². The molecule has 0 spiro atoms. The monoisotopic (exact) mass is 312 g/mol. The van der Waals surface area contributed by atoms with Crippen LogP contribution in [0, 0.1) is 11.3 Å². The summed E-state index contributed by atoms with van der Waals surface area (Å²) in [6.45, 7) is 6.40. The summed E-state index contributed by atoms with van der Waals surface area (Å²) in [6.07, 6.45) is 1.82. The molecule has 0 aliphatic rings. The summed E-state index contributed by atoms with van der Waals surface area (Å²) < 4.78 is 6.83. The second-order valence-corrected chi connectivity index (χ2v) is 5.54. The third-order valence-corrected chi connectivity index (χ3v) is 3.42. The lowest BCUT2D eigenvalue weighted by Gasteiger charge is -2.10. The minimum Gasteiger partial charge on any atom is -0.462 e. The highest BCUT2D eigenvalue weighted by Gasteiger charge is 2.18. The van der Waals surface area contributed by atoms with Crippen molar-refractivity contribution in [2.75, 3.05) is 6.61 Å². The van der Waals surface area contributed by atoms with Crippen LogP contribution >= 0.6 is 0 Å². The normalized spacial score (nSPS) is 10.6. The summed E-state index contributed by atoms with van der Waals surface area (Å²) in [5.74, 6) is -0.271. The molecular weight excluding hydrogens is 292 g/mol. The van der Waals surface area contributed by atoms with Crippen LogP contribution in [0.1, 0.15) is 61.3 Å². The van der Waals surface area contributed by atoms with Crippen molar-refractivity contribution in [2.24, 2.45) is 0 Å². The summed E-state index contributed by atoms with van der Waals surface area (Å²) in [4.78, 5) is 12.1. The minimum absolute atomic E-state index is 0.0832. The van der Waals surface area contributed by atoms with Crippen molar-refractivity contribution in [3.63, 3.8) is 0 Å². The van der Waals surface area contributed by atoms with E-state index in [1.54, 1.807) is 22.9 Å². The Balaban J connectivity index is 2.32. The molecule has 0 atom stereocenters. The van der Waals surface area contributed by atoms with Crippen LogP contribution in [0.2, 0.25) is 0 Å². The van der Waals surface area contributed by atoms with Gasteiger partial charge in [-0.2, -0.15) is 5.26 Å². The third kappa shape index (κ3) is 3.75. The average Bonchev–Trinajstić information content (AvgIpc) is 2.99. The number of benzene rings is 1. The lowest BCUT2D eigenvalue weighted by molar-refractivity contribution is 0.0499. The Kier molecular flexibility index (Phi) is 5.47. The van der Waals surface area contributed by atoms with E-state index in [-0.39, 0.29) is 11.9 Å². The Hall–Kier alpha value is -2.68. The molecule has 1 heterocycles. The van der Waals surface area contributed by atoms with Crippen molar-refractivity contribution in [3.05, 3.63) is 41.2 Å². The molecule has 23 heavy (non-hydrogen) atoms. The molecule has 0 saturated carbocycles. The molecule has 0 saturated heterocycles. The maximum atomic E-state index is 12.1. The zero-order valence-corrected chi connectivity index (χ0v) is 13.6. The standard InChI is InChI=1S/C17H20N4O2/c1-4-5-9-23-17(22)13-7-6-8-14(10-13)21-16(12(2)3)15(11-18)19-20-21/h6-8,10,12H,4-5,9H2,1-3H3. The number of hydrogen-bond donors (Lipinski definition) is 0. The van der Waals surface area contributed by atoms with E-state index >= 15 is 0 Å². The smallest absolute Gasteiger partial charge is 0.338 e. The average molecular weight is 312 g/mol. The summed E-state index contributed by atoms with van der Waals surface area (Å²) >= 11 is 0. The van der Waals surface area contributed by atoms with Crippen LogP contribution in [-0.4, -0.2) is 27.6 Å². The van der Waals surface area contributed by atoms with Crippen molar-refractivity contribution in [1.82, 2.24) is 15.0 Å². The van der Waals surface area contributed by atoms with E-state index in [0.717, 1.165) is 18.5 Å². The van der Waals surface area contributed by atoms with E-state index < -0.39 is 0 Å². The molecule has 0 N–H and O–H groups in total. The maximum Gasteiger partial charge on any atom is 0.338 e. The molecule has 0 unspecified atom stereocenters. The maximum absolute atomic E-state index is 12.1. The summed E-state index contributed by atoms with van der Waals surface area (Å²) in [5, 5.41) is 17.1. The molecule has 2 rings (SSSR count). The second-order valence-electron chi connectivity index (χ2n) is 5.54. The fraction of sp³-hybridized carbons (Fsp3) is 0.412. The van der Waals surface area contributed by atoms with E-state index in [1.807, 2.05) is 26.8 Å². The molecule has 0 fully saturated rings. The van der Waals surface area contributed by atoms with E-state index in [4.69, 9.17) is 10.00 Å². The van der Waals surface area contributed by atoms with Crippen LogP contribution < -0.4 is 0 Å². The number of hydrogen-bond acceptors (Lipinski definition) is 5. The number of ether oxygens (including phenoxy) is 1. The zero-order chi connectivity index (χ0) is 16.8. The Labute approximate surface area is 135 Å². The lowest BCUT2D eigenvalue weighted by atomic mass is 10.1. The van der Waals surface area contributed by atoms with Gasteiger partial charge in [0, 0.05) is 0 Å². The van der Waals surface area contributed by atoms with Crippen LogP contribution in [0.3, 0.4) is 0 Å². The van der Waals surface area contributed by atoms with Gasteiger partial charge in [-0.05, 0) is 30.5 Å². The molecule has 0 aliphatic heterocycles. The fourth-order valence-electron chi connectivity index (χ4n) is 2.23. The number of nitriles is 1. The molecule has 1 aromatic carbocycles. The van der Waals surface area contributed by atoms with Gasteiger partial charge in [0.2, 0.25) is 0 Å². The van der Waals surface area contributed by atoms with Gasteiger partial charge in [0.15, 0.2) is 5.69 Å². The molecule has 0 amide bonds. The van der Waals surface area contributed by atoms with Gasteiger partial charge in [-0.3, -0.25) is 0 Å². The van der Waals surface area contributed by atoms with Crippen molar-refractivity contribution >= 4 is 5.97 Å². The SMILES string of the molecule is CCCCOC(=O)c1cccc(-n2nnc(C#N)c2C(C)C)c1. The third-order valence-electron chi connectivity index (χ3n) is 3.42. The van der Waals surface area contributed by atoms with Crippen molar-refractivity contribution in [2.45, 2.75) is 39.5 Å². The zero-order valence-electron chi connectivity index (χ0n) is 13.6. The number of carbonyl (C=O) groups is 1. The molecule has 6 heteroatoms. The molecule has 2 aromatic rings. The van der Waals surface area contributed by atoms with Gasteiger partial charge in [-0.1, -0.05) is 38.5 Å². The molecule has 0 aliphatic carbocycles.